The largest absolute Gasteiger partial charge is 0.482 e. The van der Waals surface area contributed by atoms with Crippen molar-refractivity contribution in [2.75, 3.05) is 5.32 Å². The normalized spacial score (nSPS) is 18.4. The summed E-state index contributed by atoms with van der Waals surface area (Å²) in [6, 6.07) is 14.3. The molecule has 1 N–H and O–H groups in total. The number of rotatable bonds is 3. The van der Waals surface area contributed by atoms with Crippen molar-refractivity contribution >= 4 is 23.2 Å². The fraction of sp³-hybridized carbons (Fsp3) is 0.158. The van der Waals surface area contributed by atoms with E-state index in [9.17, 15) is 4.79 Å². The number of halogens is 1. The van der Waals surface area contributed by atoms with E-state index in [1.54, 1.807) is 54.3 Å². The van der Waals surface area contributed by atoms with Crippen LogP contribution >= 0.6 is 11.6 Å². The molecule has 0 saturated carbocycles. The number of nitrogens with zero attached hydrogens (tertiary/aromatic N) is 2. The molecule has 2 aromatic carbocycles. The number of hydrogen-bond donors (Lipinski definition) is 1. The van der Waals surface area contributed by atoms with E-state index in [2.05, 4.69) is 10.4 Å². The summed E-state index contributed by atoms with van der Waals surface area (Å²) >= 11 is 6.32. The van der Waals surface area contributed by atoms with Gasteiger partial charge in [-0.2, -0.15) is 5.10 Å². The number of aromatic nitrogens is 2. The minimum absolute atomic E-state index is 0.317. The van der Waals surface area contributed by atoms with Crippen LogP contribution < -0.4 is 14.8 Å². The van der Waals surface area contributed by atoms with Crippen molar-refractivity contribution in [1.82, 2.24) is 9.78 Å². The van der Waals surface area contributed by atoms with Crippen LogP contribution in [0.4, 0.5) is 5.69 Å². The van der Waals surface area contributed by atoms with Crippen LogP contribution in [-0.2, 0) is 4.79 Å². The lowest BCUT2D eigenvalue weighted by molar-refractivity contribution is -0.128. The van der Waals surface area contributed by atoms with Gasteiger partial charge in [0.15, 0.2) is 11.5 Å². The zero-order valence-electron chi connectivity index (χ0n) is 13.9. The molecule has 0 bridgehead atoms. The summed E-state index contributed by atoms with van der Waals surface area (Å²) in [4.78, 5) is 12.8. The van der Waals surface area contributed by atoms with Gasteiger partial charge in [-0.05, 0) is 37.3 Å². The zero-order valence-corrected chi connectivity index (χ0v) is 14.7. The Morgan fingerprint density at radius 1 is 1.12 bits per heavy atom. The third-order valence-corrected chi connectivity index (χ3v) is 4.38. The Labute approximate surface area is 155 Å². The number of fused-ring (bicyclic) bond motifs is 1. The Morgan fingerprint density at radius 2 is 1.88 bits per heavy atom. The first-order valence-corrected chi connectivity index (χ1v) is 8.53. The molecule has 4 rings (SSSR count). The van der Waals surface area contributed by atoms with Crippen molar-refractivity contribution in [3.63, 3.8) is 0 Å². The van der Waals surface area contributed by atoms with Crippen molar-refractivity contribution in [3.05, 3.63) is 65.9 Å². The number of hydrogen-bond acceptors (Lipinski definition) is 4. The van der Waals surface area contributed by atoms with Crippen molar-refractivity contribution in [3.8, 4) is 17.2 Å². The molecule has 7 heteroatoms. The second-order valence-corrected chi connectivity index (χ2v) is 6.29. The number of ether oxygens (including phenoxy) is 2. The van der Waals surface area contributed by atoms with Gasteiger partial charge in [0, 0.05) is 12.4 Å². The third kappa shape index (κ3) is 2.99. The van der Waals surface area contributed by atoms with E-state index < -0.39 is 12.2 Å². The first-order chi connectivity index (χ1) is 12.6. The standard InChI is InChI=1S/C19H16ClN3O3/c1-12-18(26-16-9-3-2-8-15(16)25-12)19(24)22-14-7-4-6-13(20)17(14)23-11-5-10-21-23/h2-12,18H,1H3,(H,22,24)/t12-,18+/m0/s1. The Kier molecular flexibility index (Phi) is 4.26. The van der Waals surface area contributed by atoms with Gasteiger partial charge in [-0.25, -0.2) is 4.68 Å². The Balaban J connectivity index is 1.61. The van der Waals surface area contributed by atoms with Crippen molar-refractivity contribution in [2.24, 2.45) is 0 Å². The third-order valence-electron chi connectivity index (χ3n) is 4.08. The van der Waals surface area contributed by atoms with Gasteiger partial charge in [0.2, 0.25) is 6.10 Å². The van der Waals surface area contributed by atoms with Gasteiger partial charge in [-0.1, -0.05) is 29.8 Å². The van der Waals surface area contributed by atoms with Crippen LogP contribution in [0.5, 0.6) is 11.5 Å². The van der Waals surface area contributed by atoms with E-state index in [0.717, 1.165) is 0 Å². The van der Waals surface area contributed by atoms with E-state index in [-0.39, 0.29) is 5.91 Å². The highest BCUT2D eigenvalue weighted by molar-refractivity contribution is 6.33. The van der Waals surface area contributed by atoms with E-state index >= 15 is 0 Å². The number of carbonyl (C=O) groups is 1. The fourth-order valence-electron chi connectivity index (χ4n) is 2.86. The van der Waals surface area contributed by atoms with Crippen LogP contribution in [0, 0.1) is 0 Å². The molecule has 1 aliphatic heterocycles. The summed E-state index contributed by atoms with van der Waals surface area (Å²) in [5.74, 6) is 0.857. The Bertz CT molecular complexity index is 943. The summed E-state index contributed by atoms with van der Waals surface area (Å²) in [6.45, 7) is 1.80. The van der Waals surface area contributed by atoms with Gasteiger partial charge in [0.1, 0.15) is 11.8 Å². The second-order valence-electron chi connectivity index (χ2n) is 5.88. The SMILES string of the molecule is C[C@@H]1Oc2ccccc2O[C@H]1C(=O)Nc1cccc(Cl)c1-n1cccn1. The lowest BCUT2D eigenvalue weighted by Crippen LogP contribution is -2.46. The van der Waals surface area contributed by atoms with E-state index in [1.165, 1.54) is 0 Å². The molecule has 0 fully saturated rings. The van der Waals surface area contributed by atoms with Gasteiger partial charge in [0.25, 0.3) is 5.91 Å². The molecular formula is C19H16ClN3O3. The fourth-order valence-corrected chi connectivity index (χ4v) is 3.12. The van der Waals surface area contributed by atoms with Crippen LogP contribution in [0.25, 0.3) is 5.69 Å². The maximum atomic E-state index is 12.8. The second kappa shape index (κ2) is 6.72. The van der Waals surface area contributed by atoms with Gasteiger partial charge in [0.05, 0.1) is 10.7 Å². The monoisotopic (exact) mass is 369 g/mol. The van der Waals surface area contributed by atoms with Crippen LogP contribution in [0.3, 0.4) is 0 Å². The van der Waals surface area contributed by atoms with Crippen LogP contribution in [0.2, 0.25) is 5.02 Å². The lowest BCUT2D eigenvalue weighted by atomic mass is 10.1. The molecule has 1 aromatic heterocycles. The predicted molar refractivity (Wildman–Crippen MR) is 98.2 cm³/mol. The molecular weight excluding hydrogens is 354 g/mol. The van der Waals surface area contributed by atoms with Crippen LogP contribution in [0.1, 0.15) is 6.92 Å². The molecule has 0 radical (unpaired) electrons. The summed E-state index contributed by atoms with van der Waals surface area (Å²) in [6.07, 6.45) is 2.19. The minimum atomic E-state index is -0.783. The highest BCUT2D eigenvalue weighted by Gasteiger charge is 2.34. The van der Waals surface area contributed by atoms with Gasteiger partial charge < -0.3 is 14.8 Å². The quantitative estimate of drug-likeness (QED) is 0.764. The molecule has 3 aromatic rings. The summed E-state index contributed by atoms with van der Waals surface area (Å²) < 4.78 is 13.3. The zero-order chi connectivity index (χ0) is 18.1. The topological polar surface area (TPSA) is 65.4 Å². The first kappa shape index (κ1) is 16.5. The number of amides is 1. The number of nitrogens with one attached hydrogen (secondary N) is 1. The number of anilines is 1. The smallest absolute Gasteiger partial charge is 0.269 e. The molecule has 1 aliphatic rings. The predicted octanol–water partition coefficient (Wildman–Crippen LogP) is 3.69. The molecule has 0 spiro atoms. The van der Waals surface area contributed by atoms with Crippen molar-refractivity contribution in [1.29, 1.82) is 0 Å². The Hall–Kier alpha value is -2.99. The van der Waals surface area contributed by atoms with Gasteiger partial charge in [-0.3, -0.25) is 4.79 Å². The average Bonchev–Trinajstić information content (AvgIpc) is 3.15. The van der Waals surface area contributed by atoms with E-state index in [1.807, 2.05) is 18.2 Å². The molecule has 0 saturated heterocycles. The molecule has 0 aliphatic carbocycles. The highest BCUT2D eigenvalue weighted by Crippen LogP contribution is 2.34. The van der Waals surface area contributed by atoms with Crippen LogP contribution in [-0.4, -0.2) is 27.9 Å². The average molecular weight is 370 g/mol. The van der Waals surface area contributed by atoms with Gasteiger partial charge >= 0.3 is 0 Å². The van der Waals surface area contributed by atoms with Crippen molar-refractivity contribution < 1.29 is 14.3 Å². The molecule has 2 atom stereocenters. The number of para-hydroxylation sites is 3. The summed E-state index contributed by atoms with van der Waals surface area (Å²) in [7, 11) is 0. The highest BCUT2D eigenvalue weighted by atomic mass is 35.5. The molecule has 2 heterocycles. The summed E-state index contributed by atoms with van der Waals surface area (Å²) in [5.41, 5.74) is 1.14. The Morgan fingerprint density at radius 3 is 2.62 bits per heavy atom. The minimum Gasteiger partial charge on any atom is -0.482 e. The van der Waals surface area contributed by atoms with Crippen LogP contribution in [0.15, 0.2) is 60.9 Å². The molecule has 132 valence electrons. The van der Waals surface area contributed by atoms with E-state index in [0.29, 0.717) is 27.9 Å². The first-order valence-electron chi connectivity index (χ1n) is 8.15. The molecule has 1 amide bonds. The summed E-state index contributed by atoms with van der Waals surface area (Å²) in [5, 5.41) is 7.56. The molecule has 26 heavy (non-hydrogen) atoms. The molecule has 6 nitrogen and oxygen atoms in total. The maximum absolute atomic E-state index is 12.8. The number of benzene rings is 2. The van der Waals surface area contributed by atoms with Crippen molar-refractivity contribution in [2.45, 2.75) is 19.1 Å². The van der Waals surface area contributed by atoms with Gasteiger partial charge in [-0.15, -0.1) is 0 Å². The lowest BCUT2D eigenvalue weighted by Gasteiger charge is -2.31. The molecule has 0 unspecified atom stereocenters. The maximum Gasteiger partial charge on any atom is 0.269 e. The van der Waals surface area contributed by atoms with E-state index in [4.69, 9.17) is 21.1 Å². The number of carbonyl (C=O) groups excluding carboxylic acids is 1.